The molecule has 112 valence electrons. The Labute approximate surface area is 115 Å². The lowest BCUT2D eigenvalue weighted by Crippen LogP contribution is -2.58. The van der Waals surface area contributed by atoms with Crippen molar-refractivity contribution in [2.75, 3.05) is 6.61 Å². The second-order valence-corrected chi connectivity index (χ2v) is 4.60. The third-order valence-corrected chi connectivity index (χ3v) is 2.92. The van der Waals surface area contributed by atoms with E-state index in [-0.39, 0.29) is 6.61 Å². The van der Waals surface area contributed by atoms with Crippen LogP contribution in [0.2, 0.25) is 0 Å². The average molecular weight is 288 g/mol. The smallest absolute Gasteiger partial charge is 0.303 e. The molecule has 0 amide bonds. The quantitative estimate of drug-likeness (QED) is 0.508. The van der Waals surface area contributed by atoms with Gasteiger partial charge in [-0.05, 0) is 0 Å². The maximum absolute atomic E-state index is 11.2. The predicted octanol–water partition coefficient (Wildman–Crippen LogP) is -0.463. The summed E-state index contributed by atoms with van der Waals surface area (Å²) in [6.07, 6.45) is -4.19. The van der Waals surface area contributed by atoms with Crippen LogP contribution in [0.5, 0.6) is 0 Å². The van der Waals surface area contributed by atoms with E-state index >= 15 is 0 Å². The van der Waals surface area contributed by atoms with Crippen LogP contribution in [0, 0.1) is 0 Å². The van der Waals surface area contributed by atoms with Crippen molar-refractivity contribution >= 4 is 17.9 Å². The highest BCUT2D eigenvalue weighted by Gasteiger charge is 2.55. The third kappa shape index (κ3) is 3.07. The van der Waals surface area contributed by atoms with Crippen molar-refractivity contribution in [3.8, 4) is 0 Å². The Hall–Kier alpha value is -1.67. The van der Waals surface area contributed by atoms with Crippen LogP contribution in [-0.4, -0.2) is 55.2 Å². The number of fused-ring (bicyclic) bond motifs is 2. The lowest BCUT2D eigenvalue weighted by molar-refractivity contribution is -0.250. The Kier molecular flexibility index (Phi) is 4.24. The zero-order valence-corrected chi connectivity index (χ0v) is 11.4. The largest absolute Gasteiger partial charge is 0.456 e. The minimum atomic E-state index is -0.973. The van der Waals surface area contributed by atoms with Crippen LogP contribution in [0.4, 0.5) is 0 Å². The molecule has 0 saturated carbocycles. The van der Waals surface area contributed by atoms with E-state index in [9.17, 15) is 14.4 Å². The van der Waals surface area contributed by atoms with Gasteiger partial charge in [0.05, 0.1) is 6.61 Å². The standard InChI is InChI=1S/C12H16O8/c1-5(13)17-9-8-4-16-12(20-8)11(19-7(3)15)10(9)18-6(2)14/h8-12H,4H2,1-3H3/t8-,9-,10+,11-,12-/m0/s1. The Morgan fingerprint density at radius 3 is 1.90 bits per heavy atom. The molecule has 2 aliphatic rings. The molecule has 0 aliphatic carbocycles. The fraction of sp³-hybridized carbons (Fsp3) is 0.750. The first-order chi connectivity index (χ1) is 9.38. The van der Waals surface area contributed by atoms with Gasteiger partial charge in [0.1, 0.15) is 6.10 Å². The molecule has 0 N–H and O–H groups in total. The van der Waals surface area contributed by atoms with E-state index < -0.39 is 48.6 Å². The molecule has 2 heterocycles. The summed E-state index contributed by atoms with van der Waals surface area (Å²) in [5, 5.41) is 0. The summed E-state index contributed by atoms with van der Waals surface area (Å²) < 4.78 is 26.2. The molecule has 0 radical (unpaired) electrons. The van der Waals surface area contributed by atoms with Crippen molar-refractivity contribution < 1.29 is 38.1 Å². The molecule has 8 nitrogen and oxygen atoms in total. The van der Waals surface area contributed by atoms with Gasteiger partial charge >= 0.3 is 17.9 Å². The molecule has 8 heteroatoms. The number of esters is 3. The second kappa shape index (κ2) is 5.76. The Balaban J connectivity index is 2.24. The Morgan fingerprint density at radius 2 is 1.35 bits per heavy atom. The summed E-state index contributed by atoms with van der Waals surface area (Å²) in [7, 11) is 0. The topological polar surface area (TPSA) is 97.4 Å². The lowest BCUT2D eigenvalue weighted by Gasteiger charge is -2.38. The van der Waals surface area contributed by atoms with Gasteiger partial charge in [-0.1, -0.05) is 0 Å². The van der Waals surface area contributed by atoms with Gasteiger partial charge in [-0.15, -0.1) is 0 Å². The first-order valence-corrected chi connectivity index (χ1v) is 6.17. The molecule has 0 aromatic carbocycles. The van der Waals surface area contributed by atoms with Gasteiger partial charge in [0, 0.05) is 20.8 Å². The van der Waals surface area contributed by atoms with Crippen molar-refractivity contribution in [2.24, 2.45) is 0 Å². The summed E-state index contributed by atoms with van der Waals surface area (Å²) >= 11 is 0. The molecule has 5 atom stereocenters. The maximum atomic E-state index is 11.2. The first-order valence-electron chi connectivity index (χ1n) is 6.17. The molecule has 0 aromatic rings. The number of carbonyl (C=O) groups is 3. The van der Waals surface area contributed by atoms with Crippen LogP contribution in [-0.2, 0) is 38.1 Å². The number of carbonyl (C=O) groups excluding carboxylic acids is 3. The number of rotatable bonds is 3. The molecule has 2 aliphatic heterocycles. The van der Waals surface area contributed by atoms with E-state index in [1.807, 2.05) is 0 Å². The molecule has 2 bridgehead atoms. The monoisotopic (exact) mass is 288 g/mol. The zero-order valence-electron chi connectivity index (χ0n) is 11.4. The van der Waals surface area contributed by atoms with E-state index in [4.69, 9.17) is 23.7 Å². The molecule has 0 unspecified atom stereocenters. The SMILES string of the molecule is CC(=O)O[C@H]1[C@H](OC(C)=O)[C@H]2OC[C@H](O2)[C@@H]1OC(C)=O. The average Bonchev–Trinajstić information content (AvgIpc) is 2.74. The number of hydrogen-bond donors (Lipinski definition) is 0. The fourth-order valence-corrected chi connectivity index (χ4v) is 2.31. The number of hydrogen-bond acceptors (Lipinski definition) is 8. The van der Waals surface area contributed by atoms with Gasteiger partial charge in [-0.2, -0.15) is 0 Å². The zero-order chi connectivity index (χ0) is 14.9. The molecule has 2 fully saturated rings. The minimum absolute atomic E-state index is 0.165. The minimum Gasteiger partial charge on any atom is -0.456 e. The molecule has 2 saturated heterocycles. The summed E-state index contributed by atoms with van der Waals surface area (Å²) in [5.74, 6) is -1.71. The van der Waals surface area contributed by atoms with Gasteiger partial charge in [0.15, 0.2) is 24.6 Å². The van der Waals surface area contributed by atoms with Crippen molar-refractivity contribution in [2.45, 2.75) is 51.5 Å². The fourth-order valence-electron chi connectivity index (χ4n) is 2.31. The van der Waals surface area contributed by atoms with Gasteiger partial charge in [0.25, 0.3) is 0 Å². The van der Waals surface area contributed by atoms with Gasteiger partial charge in [-0.25, -0.2) is 0 Å². The van der Waals surface area contributed by atoms with Gasteiger partial charge in [0.2, 0.25) is 0 Å². The van der Waals surface area contributed by atoms with Crippen molar-refractivity contribution in [1.82, 2.24) is 0 Å². The van der Waals surface area contributed by atoms with E-state index in [1.54, 1.807) is 0 Å². The van der Waals surface area contributed by atoms with Crippen molar-refractivity contribution in [3.05, 3.63) is 0 Å². The molecular weight excluding hydrogens is 272 g/mol. The first kappa shape index (κ1) is 14.7. The summed E-state index contributed by atoms with van der Waals surface area (Å²) in [5.41, 5.74) is 0. The lowest BCUT2D eigenvalue weighted by atomic mass is 10.00. The van der Waals surface area contributed by atoms with Gasteiger partial charge < -0.3 is 23.7 Å². The molecule has 2 rings (SSSR count). The third-order valence-electron chi connectivity index (χ3n) is 2.92. The summed E-state index contributed by atoms with van der Waals surface area (Å²) in [4.78, 5) is 33.6. The summed E-state index contributed by atoms with van der Waals surface area (Å²) in [6.45, 7) is 3.83. The van der Waals surface area contributed by atoms with Crippen LogP contribution in [0.15, 0.2) is 0 Å². The maximum Gasteiger partial charge on any atom is 0.303 e. The molecular formula is C12H16O8. The molecule has 0 spiro atoms. The predicted molar refractivity (Wildman–Crippen MR) is 61.3 cm³/mol. The second-order valence-electron chi connectivity index (χ2n) is 4.60. The highest BCUT2D eigenvalue weighted by Crippen LogP contribution is 2.33. The van der Waals surface area contributed by atoms with Crippen LogP contribution in [0.1, 0.15) is 20.8 Å². The van der Waals surface area contributed by atoms with Gasteiger partial charge in [-0.3, -0.25) is 14.4 Å². The van der Waals surface area contributed by atoms with Crippen molar-refractivity contribution in [1.29, 1.82) is 0 Å². The Morgan fingerprint density at radius 1 is 0.850 bits per heavy atom. The molecule has 20 heavy (non-hydrogen) atoms. The van der Waals surface area contributed by atoms with E-state index in [0.717, 1.165) is 0 Å². The van der Waals surface area contributed by atoms with E-state index in [0.29, 0.717) is 0 Å². The van der Waals surface area contributed by atoms with Crippen LogP contribution in [0.25, 0.3) is 0 Å². The van der Waals surface area contributed by atoms with Crippen LogP contribution < -0.4 is 0 Å². The van der Waals surface area contributed by atoms with Crippen molar-refractivity contribution in [3.63, 3.8) is 0 Å². The van der Waals surface area contributed by atoms with E-state index in [2.05, 4.69) is 0 Å². The number of ether oxygens (including phenoxy) is 5. The van der Waals surface area contributed by atoms with E-state index in [1.165, 1.54) is 20.8 Å². The van der Waals surface area contributed by atoms with Crippen LogP contribution >= 0.6 is 0 Å². The summed E-state index contributed by atoms with van der Waals surface area (Å²) in [6, 6.07) is 0. The Bertz CT molecular complexity index is 390. The van der Waals surface area contributed by atoms with Crippen LogP contribution in [0.3, 0.4) is 0 Å². The molecule has 0 aromatic heterocycles. The highest BCUT2D eigenvalue weighted by atomic mass is 16.8. The highest BCUT2D eigenvalue weighted by molar-refractivity contribution is 5.68. The normalized spacial score (nSPS) is 35.2.